The standard InChI is InChI=1S/C19H26ClN3O3S/c1-10(2)15(21)17(24)23(18(25)26-19(4,5)6)11(3)16-22-13-8-7-12(20)9-14(13)27-16/h7-11,15H,21H2,1-6H3/t11-,15+/m1/s1. The van der Waals surface area contributed by atoms with Gasteiger partial charge in [-0.2, -0.15) is 0 Å². The first-order valence-electron chi connectivity index (χ1n) is 8.78. The summed E-state index contributed by atoms with van der Waals surface area (Å²) < 4.78 is 6.34. The number of nitrogens with zero attached hydrogens (tertiary/aromatic N) is 2. The predicted octanol–water partition coefficient (Wildman–Crippen LogP) is 4.76. The second-order valence-electron chi connectivity index (χ2n) is 7.80. The molecule has 1 aromatic carbocycles. The van der Waals surface area contributed by atoms with E-state index in [2.05, 4.69) is 4.98 Å². The van der Waals surface area contributed by atoms with Crippen LogP contribution in [-0.2, 0) is 9.53 Å². The molecule has 148 valence electrons. The van der Waals surface area contributed by atoms with E-state index in [0.29, 0.717) is 10.0 Å². The molecule has 1 aromatic heterocycles. The smallest absolute Gasteiger partial charge is 0.417 e. The normalized spacial score (nSPS) is 14.3. The number of hydrogen-bond donors (Lipinski definition) is 1. The minimum atomic E-state index is -0.816. The van der Waals surface area contributed by atoms with Crippen LogP contribution in [0.2, 0.25) is 5.02 Å². The van der Waals surface area contributed by atoms with Crippen LogP contribution in [0, 0.1) is 5.92 Å². The van der Waals surface area contributed by atoms with Crippen molar-refractivity contribution in [3.05, 3.63) is 28.2 Å². The van der Waals surface area contributed by atoms with Crippen LogP contribution in [-0.4, -0.2) is 33.5 Å². The maximum atomic E-state index is 13.0. The van der Waals surface area contributed by atoms with E-state index < -0.39 is 29.7 Å². The van der Waals surface area contributed by atoms with Gasteiger partial charge in [-0.05, 0) is 51.8 Å². The fourth-order valence-corrected chi connectivity index (χ4v) is 3.69. The summed E-state index contributed by atoms with van der Waals surface area (Å²) in [5.74, 6) is -0.604. The Balaban J connectivity index is 2.43. The average Bonchev–Trinajstić information content (AvgIpc) is 2.95. The Morgan fingerprint density at radius 2 is 1.89 bits per heavy atom. The topological polar surface area (TPSA) is 85.5 Å². The zero-order valence-corrected chi connectivity index (χ0v) is 18.0. The molecule has 0 spiro atoms. The van der Waals surface area contributed by atoms with E-state index in [0.717, 1.165) is 15.1 Å². The molecule has 0 saturated carbocycles. The lowest BCUT2D eigenvalue weighted by Crippen LogP contribution is -2.51. The molecule has 0 unspecified atom stereocenters. The molecule has 2 N–H and O–H groups in total. The van der Waals surface area contributed by atoms with Crippen molar-refractivity contribution in [2.45, 2.75) is 59.2 Å². The van der Waals surface area contributed by atoms with E-state index in [1.54, 1.807) is 33.8 Å². The minimum absolute atomic E-state index is 0.121. The van der Waals surface area contributed by atoms with Gasteiger partial charge in [-0.25, -0.2) is 14.7 Å². The Morgan fingerprint density at radius 1 is 1.26 bits per heavy atom. The molecule has 2 atom stereocenters. The molecule has 2 aromatic rings. The molecule has 0 aliphatic carbocycles. The average molecular weight is 412 g/mol. The molecule has 0 aliphatic heterocycles. The van der Waals surface area contributed by atoms with Crippen molar-refractivity contribution in [2.75, 3.05) is 0 Å². The van der Waals surface area contributed by atoms with E-state index in [1.807, 2.05) is 26.0 Å². The molecular formula is C19H26ClN3O3S. The number of thiazole rings is 1. The summed E-state index contributed by atoms with van der Waals surface area (Å²) in [6, 6.07) is 3.94. The summed E-state index contributed by atoms with van der Waals surface area (Å²) >= 11 is 7.43. The Morgan fingerprint density at radius 3 is 2.44 bits per heavy atom. The zero-order valence-electron chi connectivity index (χ0n) is 16.4. The van der Waals surface area contributed by atoms with Gasteiger partial charge in [0.1, 0.15) is 10.6 Å². The molecular weight excluding hydrogens is 386 g/mol. The van der Waals surface area contributed by atoms with Crippen LogP contribution < -0.4 is 5.73 Å². The zero-order chi connectivity index (χ0) is 20.5. The number of rotatable bonds is 4. The Bertz CT molecular complexity index is 844. The number of nitrogens with two attached hydrogens (primary N) is 1. The van der Waals surface area contributed by atoms with Gasteiger partial charge >= 0.3 is 6.09 Å². The van der Waals surface area contributed by atoms with Gasteiger partial charge in [0.15, 0.2) is 0 Å². The SMILES string of the molecule is CC(C)[C@H](N)C(=O)N(C(=O)OC(C)(C)C)[C@H](C)c1nc2ccc(Cl)cc2s1. The van der Waals surface area contributed by atoms with Gasteiger partial charge in [-0.1, -0.05) is 25.4 Å². The number of amides is 2. The van der Waals surface area contributed by atoms with Crippen LogP contribution in [0.3, 0.4) is 0 Å². The van der Waals surface area contributed by atoms with Gasteiger partial charge in [0, 0.05) is 5.02 Å². The van der Waals surface area contributed by atoms with Crippen molar-refractivity contribution < 1.29 is 14.3 Å². The molecule has 0 fully saturated rings. The fraction of sp³-hybridized carbons (Fsp3) is 0.526. The van der Waals surface area contributed by atoms with Gasteiger partial charge in [-0.15, -0.1) is 11.3 Å². The van der Waals surface area contributed by atoms with Crippen LogP contribution in [0.1, 0.15) is 52.6 Å². The van der Waals surface area contributed by atoms with Gasteiger partial charge < -0.3 is 10.5 Å². The van der Waals surface area contributed by atoms with Crippen LogP contribution in [0.5, 0.6) is 0 Å². The highest BCUT2D eigenvalue weighted by Crippen LogP contribution is 2.32. The Labute approximate surface area is 168 Å². The summed E-state index contributed by atoms with van der Waals surface area (Å²) in [4.78, 5) is 31.4. The van der Waals surface area contributed by atoms with Crippen molar-refractivity contribution >= 4 is 45.2 Å². The van der Waals surface area contributed by atoms with Gasteiger partial charge in [0.05, 0.1) is 22.3 Å². The Hall–Kier alpha value is -1.70. The lowest BCUT2D eigenvalue weighted by Gasteiger charge is -2.31. The van der Waals surface area contributed by atoms with Crippen molar-refractivity contribution in [3.8, 4) is 0 Å². The molecule has 0 radical (unpaired) electrons. The maximum Gasteiger partial charge on any atom is 0.417 e. The van der Waals surface area contributed by atoms with Crippen molar-refractivity contribution in [2.24, 2.45) is 11.7 Å². The number of carbonyl (C=O) groups excluding carboxylic acids is 2. The quantitative estimate of drug-likeness (QED) is 0.783. The number of aromatic nitrogens is 1. The summed E-state index contributed by atoms with van der Waals surface area (Å²) in [6.07, 6.45) is -0.728. The van der Waals surface area contributed by atoms with E-state index in [1.165, 1.54) is 11.3 Å². The monoisotopic (exact) mass is 411 g/mol. The molecule has 2 rings (SSSR count). The molecule has 2 amide bonds. The van der Waals surface area contributed by atoms with E-state index in [4.69, 9.17) is 22.1 Å². The molecule has 0 saturated heterocycles. The summed E-state index contributed by atoms with van der Waals surface area (Å²) in [6.45, 7) is 10.7. The lowest BCUT2D eigenvalue weighted by atomic mass is 10.0. The summed E-state index contributed by atoms with van der Waals surface area (Å²) in [5, 5.41) is 1.22. The highest BCUT2D eigenvalue weighted by atomic mass is 35.5. The summed E-state index contributed by atoms with van der Waals surface area (Å²) in [5.41, 5.74) is 6.06. The predicted molar refractivity (Wildman–Crippen MR) is 109 cm³/mol. The molecule has 27 heavy (non-hydrogen) atoms. The lowest BCUT2D eigenvalue weighted by molar-refractivity contribution is -0.134. The highest BCUT2D eigenvalue weighted by Gasteiger charge is 2.37. The summed E-state index contributed by atoms with van der Waals surface area (Å²) in [7, 11) is 0. The molecule has 0 aliphatic rings. The number of carbonyl (C=O) groups is 2. The maximum absolute atomic E-state index is 13.0. The van der Waals surface area contributed by atoms with Crippen LogP contribution in [0.25, 0.3) is 10.2 Å². The van der Waals surface area contributed by atoms with Crippen molar-refractivity contribution in [1.29, 1.82) is 0 Å². The van der Waals surface area contributed by atoms with Gasteiger partial charge in [0.2, 0.25) is 5.91 Å². The van der Waals surface area contributed by atoms with E-state index in [-0.39, 0.29) is 5.92 Å². The van der Waals surface area contributed by atoms with Crippen LogP contribution in [0.4, 0.5) is 4.79 Å². The number of fused-ring (bicyclic) bond motifs is 1. The number of imide groups is 1. The highest BCUT2D eigenvalue weighted by molar-refractivity contribution is 7.18. The Kier molecular flexibility index (Phi) is 6.50. The van der Waals surface area contributed by atoms with Gasteiger partial charge in [0.25, 0.3) is 0 Å². The van der Waals surface area contributed by atoms with E-state index >= 15 is 0 Å². The minimum Gasteiger partial charge on any atom is -0.443 e. The number of hydrogen-bond acceptors (Lipinski definition) is 6. The second-order valence-corrected chi connectivity index (χ2v) is 9.30. The number of benzene rings is 1. The second kappa shape index (κ2) is 8.12. The number of halogens is 1. The van der Waals surface area contributed by atoms with Crippen molar-refractivity contribution in [1.82, 2.24) is 9.88 Å². The third-order valence-corrected chi connectivity index (χ3v) is 5.37. The largest absolute Gasteiger partial charge is 0.443 e. The molecule has 1 heterocycles. The van der Waals surface area contributed by atoms with Crippen molar-refractivity contribution in [3.63, 3.8) is 0 Å². The third-order valence-electron chi connectivity index (χ3n) is 3.94. The first-order chi connectivity index (χ1) is 12.4. The fourth-order valence-electron chi connectivity index (χ4n) is 2.40. The third kappa shape index (κ3) is 5.18. The van der Waals surface area contributed by atoms with Gasteiger partial charge in [-0.3, -0.25) is 4.79 Å². The first-order valence-corrected chi connectivity index (χ1v) is 9.97. The first kappa shape index (κ1) is 21.6. The number of ether oxygens (including phenoxy) is 1. The molecule has 8 heteroatoms. The molecule has 6 nitrogen and oxygen atoms in total. The van der Waals surface area contributed by atoms with Crippen LogP contribution >= 0.6 is 22.9 Å². The molecule has 0 bridgehead atoms. The van der Waals surface area contributed by atoms with E-state index in [9.17, 15) is 9.59 Å². The van der Waals surface area contributed by atoms with Crippen LogP contribution in [0.15, 0.2) is 18.2 Å².